The van der Waals surface area contributed by atoms with E-state index in [0.717, 1.165) is 0 Å². The van der Waals surface area contributed by atoms with Gasteiger partial charge >= 0.3 is 0 Å². The van der Waals surface area contributed by atoms with Gasteiger partial charge in [-0.25, -0.2) is 8.42 Å². The number of H-pyrrole nitrogens is 1. The van der Waals surface area contributed by atoms with Gasteiger partial charge in [0.2, 0.25) is 5.91 Å². The van der Waals surface area contributed by atoms with Crippen LogP contribution in [0, 0.1) is 0 Å². The van der Waals surface area contributed by atoms with Gasteiger partial charge in [-0.2, -0.15) is 0 Å². The molecule has 6 nitrogen and oxygen atoms in total. The second-order valence-electron chi connectivity index (χ2n) is 5.53. The molecule has 27 heavy (non-hydrogen) atoms. The lowest BCUT2D eigenvalue weighted by atomic mass is 10.2. The number of carbonyl (C=O) groups is 1. The first-order chi connectivity index (χ1) is 12.6. The van der Waals surface area contributed by atoms with E-state index in [2.05, 4.69) is 15.0 Å². The van der Waals surface area contributed by atoms with E-state index in [1.807, 2.05) is 0 Å². The van der Waals surface area contributed by atoms with Crippen LogP contribution < -0.4 is 10.0 Å². The largest absolute Gasteiger partial charge is 0.358 e. The van der Waals surface area contributed by atoms with Crippen LogP contribution in [0.15, 0.2) is 35.4 Å². The quantitative estimate of drug-likeness (QED) is 0.471. The van der Waals surface area contributed by atoms with Crippen molar-refractivity contribution in [3.8, 4) is 0 Å². The molecule has 142 valence electrons. The number of sulfonamides is 1. The molecule has 2 aromatic carbocycles. The Hall–Kier alpha value is -1.64. The number of rotatable bonds is 4. The van der Waals surface area contributed by atoms with E-state index in [9.17, 15) is 13.2 Å². The molecule has 3 N–H and O–H groups in total. The monoisotopic (exact) mass is 465 g/mol. The van der Waals surface area contributed by atoms with E-state index in [4.69, 9.17) is 46.4 Å². The highest BCUT2D eigenvalue weighted by Crippen LogP contribution is 2.37. The van der Waals surface area contributed by atoms with Crippen LogP contribution in [0.25, 0.3) is 10.9 Å². The van der Waals surface area contributed by atoms with Crippen LogP contribution in [-0.2, 0) is 14.8 Å². The highest BCUT2D eigenvalue weighted by Gasteiger charge is 2.21. The molecule has 1 aromatic heterocycles. The summed E-state index contributed by atoms with van der Waals surface area (Å²) in [4.78, 5) is 13.9. The lowest BCUT2D eigenvalue weighted by Gasteiger charge is -2.13. The lowest BCUT2D eigenvalue weighted by molar-refractivity contribution is -0.114. The van der Waals surface area contributed by atoms with E-state index in [0.29, 0.717) is 20.9 Å². The summed E-state index contributed by atoms with van der Waals surface area (Å²) in [5.74, 6) is -0.389. The highest BCUT2D eigenvalue weighted by molar-refractivity contribution is 7.92. The third-order valence-electron chi connectivity index (χ3n) is 3.61. The van der Waals surface area contributed by atoms with Crippen LogP contribution in [0.4, 0.5) is 11.4 Å². The Kier molecular flexibility index (Phi) is 5.52. The normalized spacial score (nSPS) is 11.6. The molecule has 0 bridgehead atoms. The smallest absolute Gasteiger partial charge is 0.262 e. The van der Waals surface area contributed by atoms with Crippen LogP contribution in [0.3, 0.4) is 0 Å². The first-order valence-corrected chi connectivity index (χ1v) is 10.3. The predicted molar refractivity (Wildman–Crippen MR) is 110 cm³/mol. The van der Waals surface area contributed by atoms with Gasteiger partial charge in [-0.3, -0.25) is 9.52 Å². The van der Waals surface area contributed by atoms with Gasteiger partial charge in [0.05, 0.1) is 41.9 Å². The summed E-state index contributed by atoms with van der Waals surface area (Å²) in [5, 5.41) is 3.67. The van der Waals surface area contributed by atoms with Gasteiger partial charge in [0.1, 0.15) is 0 Å². The van der Waals surface area contributed by atoms with Crippen molar-refractivity contribution in [2.75, 3.05) is 10.0 Å². The molecule has 0 atom stereocenters. The molecule has 11 heteroatoms. The van der Waals surface area contributed by atoms with E-state index in [1.54, 1.807) is 0 Å². The number of benzene rings is 2. The molecule has 0 aliphatic carbocycles. The van der Waals surface area contributed by atoms with Crippen molar-refractivity contribution in [1.82, 2.24) is 4.98 Å². The van der Waals surface area contributed by atoms with Gasteiger partial charge in [-0.05, 0) is 24.3 Å². The Morgan fingerprint density at radius 2 is 1.63 bits per heavy atom. The third kappa shape index (κ3) is 3.97. The first-order valence-electron chi connectivity index (χ1n) is 7.34. The molecular formula is C16H11Cl4N3O3S. The van der Waals surface area contributed by atoms with Crippen LogP contribution in [0.5, 0.6) is 0 Å². The summed E-state index contributed by atoms with van der Waals surface area (Å²) in [7, 11) is -4.04. The molecule has 0 unspecified atom stereocenters. The van der Waals surface area contributed by atoms with E-state index in [1.165, 1.54) is 37.4 Å². The summed E-state index contributed by atoms with van der Waals surface area (Å²) < 4.78 is 28.0. The summed E-state index contributed by atoms with van der Waals surface area (Å²) in [6.45, 7) is 1.28. The topological polar surface area (TPSA) is 91.1 Å². The summed E-state index contributed by atoms with van der Waals surface area (Å²) in [6, 6.07) is 5.41. The number of hydrogen-bond donors (Lipinski definition) is 3. The molecule has 0 spiro atoms. The Balaban J connectivity index is 2.04. The van der Waals surface area contributed by atoms with Crippen molar-refractivity contribution in [3.05, 3.63) is 50.6 Å². The minimum absolute atomic E-state index is 0.0118. The van der Waals surface area contributed by atoms with Crippen LogP contribution in [0.1, 0.15) is 6.92 Å². The molecule has 1 amide bonds. The fourth-order valence-electron chi connectivity index (χ4n) is 2.46. The molecule has 3 rings (SSSR count). The summed E-state index contributed by atoms with van der Waals surface area (Å²) in [5.41, 5.74) is 0.817. The summed E-state index contributed by atoms with van der Waals surface area (Å²) in [6.07, 6.45) is 1.51. The van der Waals surface area contributed by atoms with Gasteiger partial charge in [-0.1, -0.05) is 46.4 Å². The van der Waals surface area contributed by atoms with Gasteiger partial charge in [0.25, 0.3) is 10.0 Å². The SMILES string of the molecule is CC(=O)Nc1c(Cl)cc(S(=O)(=O)Nc2ccc(Cl)c3c(Cl)c[nH]c23)cc1Cl. The molecule has 0 aliphatic heterocycles. The fraction of sp³-hybridized carbons (Fsp3) is 0.0625. The van der Waals surface area contributed by atoms with Crippen LogP contribution in [-0.4, -0.2) is 19.3 Å². The second kappa shape index (κ2) is 7.41. The maximum atomic E-state index is 12.8. The lowest BCUT2D eigenvalue weighted by Crippen LogP contribution is -2.14. The number of anilines is 2. The first kappa shape index (κ1) is 20.1. The number of nitrogens with one attached hydrogen (secondary N) is 3. The zero-order valence-corrected chi connectivity index (χ0v) is 17.4. The van der Waals surface area contributed by atoms with Crippen molar-refractivity contribution < 1.29 is 13.2 Å². The molecule has 0 aliphatic rings. The van der Waals surface area contributed by atoms with Gasteiger partial charge in [0.15, 0.2) is 0 Å². The van der Waals surface area contributed by atoms with Gasteiger partial charge in [0, 0.05) is 18.5 Å². The van der Waals surface area contributed by atoms with Crippen molar-refractivity contribution in [2.45, 2.75) is 11.8 Å². The molecule has 0 radical (unpaired) electrons. The van der Waals surface area contributed by atoms with E-state index >= 15 is 0 Å². The predicted octanol–water partition coefficient (Wildman–Crippen LogP) is 5.54. The molecule has 0 saturated carbocycles. The van der Waals surface area contributed by atoms with Crippen molar-refractivity contribution in [2.24, 2.45) is 0 Å². The molecule has 3 aromatic rings. The number of aromatic amines is 1. The minimum Gasteiger partial charge on any atom is -0.358 e. The minimum atomic E-state index is -4.04. The molecule has 0 fully saturated rings. The number of fused-ring (bicyclic) bond motifs is 1. The zero-order valence-electron chi connectivity index (χ0n) is 13.5. The van der Waals surface area contributed by atoms with Gasteiger partial charge < -0.3 is 10.3 Å². The highest BCUT2D eigenvalue weighted by atomic mass is 35.5. The van der Waals surface area contributed by atoms with E-state index in [-0.39, 0.29) is 32.2 Å². The fourth-order valence-corrected chi connectivity index (χ4v) is 4.85. The van der Waals surface area contributed by atoms with Crippen molar-refractivity contribution in [3.63, 3.8) is 0 Å². The zero-order chi connectivity index (χ0) is 19.9. The summed E-state index contributed by atoms with van der Waals surface area (Å²) >= 11 is 24.3. The third-order valence-corrected chi connectivity index (χ3v) is 6.16. The number of aromatic nitrogens is 1. The Morgan fingerprint density at radius 3 is 2.22 bits per heavy atom. The number of amides is 1. The average molecular weight is 467 g/mol. The number of halogens is 4. The van der Waals surface area contributed by atoms with E-state index < -0.39 is 10.0 Å². The maximum Gasteiger partial charge on any atom is 0.262 e. The molecule has 1 heterocycles. The second-order valence-corrected chi connectivity index (χ2v) is 8.84. The van der Waals surface area contributed by atoms with Gasteiger partial charge in [-0.15, -0.1) is 0 Å². The Bertz CT molecular complexity index is 1150. The van der Waals surface area contributed by atoms with Crippen molar-refractivity contribution in [1.29, 1.82) is 0 Å². The van der Waals surface area contributed by atoms with Crippen molar-refractivity contribution >= 4 is 84.6 Å². The average Bonchev–Trinajstić information content (AvgIpc) is 2.96. The van der Waals surface area contributed by atoms with Crippen LogP contribution in [0.2, 0.25) is 20.1 Å². The Morgan fingerprint density at radius 1 is 1.00 bits per heavy atom. The Labute approximate surface area is 174 Å². The number of hydrogen-bond acceptors (Lipinski definition) is 3. The standard InChI is InChI=1S/C16H11Cl4N3O3S/c1-7(24)22-15-10(18)4-8(5-11(15)19)27(25,26)23-13-3-2-9(17)14-12(20)6-21-16(13)14/h2-6,21,23H,1H3,(H,22,24). The molecule has 0 saturated heterocycles. The maximum absolute atomic E-state index is 12.8. The van der Waals surface area contributed by atoms with Crippen LogP contribution >= 0.6 is 46.4 Å². The molecular weight excluding hydrogens is 456 g/mol. The number of carbonyl (C=O) groups excluding carboxylic acids is 1.